The first-order valence-corrected chi connectivity index (χ1v) is 6.99. The zero-order valence-electron chi connectivity index (χ0n) is 12.4. The van der Waals surface area contributed by atoms with Crippen LogP contribution in [0.5, 0.6) is 5.95 Å². The molecule has 0 bridgehead atoms. The quantitative estimate of drug-likeness (QED) is 0.727. The van der Waals surface area contributed by atoms with Crippen LogP contribution in [0.15, 0.2) is 57.9 Å². The van der Waals surface area contributed by atoms with E-state index >= 15 is 0 Å². The van der Waals surface area contributed by atoms with Crippen molar-refractivity contribution in [3.05, 3.63) is 65.4 Å². The number of oxazole rings is 1. The Morgan fingerprint density at radius 3 is 2.41 bits per heavy atom. The number of hydrogen-bond acceptors (Lipinski definition) is 4. The highest BCUT2D eigenvalue weighted by Crippen LogP contribution is 2.25. The lowest BCUT2D eigenvalue weighted by atomic mass is 10.1. The van der Waals surface area contributed by atoms with Gasteiger partial charge >= 0.3 is 5.95 Å². The SMILES string of the molecule is Cc1cc(C)cc(N=Cc2nc(-c3ccccc3)oc2O)c1. The van der Waals surface area contributed by atoms with Crippen LogP contribution < -0.4 is 0 Å². The number of aryl methyl sites for hydroxylation is 2. The summed E-state index contributed by atoms with van der Waals surface area (Å²) in [6, 6.07) is 15.5. The molecule has 4 heteroatoms. The topological polar surface area (TPSA) is 58.6 Å². The maximum absolute atomic E-state index is 9.86. The largest absolute Gasteiger partial charge is 0.479 e. The Morgan fingerprint density at radius 1 is 1.05 bits per heavy atom. The van der Waals surface area contributed by atoms with Gasteiger partial charge in [0, 0.05) is 5.56 Å². The van der Waals surface area contributed by atoms with E-state index < -0.39 is 0 Å². The summed E-state index contributed by atoms with van der Waals surface area (Å²) in [7, 11) is 0. The van der Waals surface area contributed by atoms with Crippen molar-refractivity contribution in [1.29, 1.82) is 0 Å². The third-order valence-electron chi connectivity index (χ3n) is 3.20. The third kappa shape index (κ3) is 3.06. The summed E-state index contributed by atoms with van der Waals surface area (Å²) in [5.74, 6) is 0.145. The van der Waals surface area contributed by atoms with Gasteiger partial charge in [0.15, 0.2) is 5.69 Å². The summed E-state index contributed by atoms with van der Waals surface area (Å²) in [4.78, 5) is 8.63. The van der Waals surface area contributed by atoms with Crippen LogP contribution in [0, 0.1) is 13.8 Å². The van der Waals surface area contributed by atoms with Crippen LogP contribution >= 0.6 is 0 Å². The fraction of sp³-hybridized carbons (Fsp3) is 0.111. The summed E-state index contributed by atoms with van der Waals surface area (Å²) in [5, 5.41) is 9.86. The smallest absolute Gasteiger partial charge is 0.312 e. The molecule has 0 unspecified atom stereocenters. The van der Waals surface area contributed by atoms with Gasteiger partial charge < -0.3 is 9.52 Å². The van der Waals surface area contributed by atoms with Gasteiger partial charge in [-0.25, -0.2) is 4.98 Å². The Hall–Kier alpha value is -2.88. The molecule has 1 heterocycles. The van der Waals surface area contributed by atoms with Crippen molar-refractivity contribution < 1.29 is 9.52 Å². The summed E-state index contributed by atoms with van der Waals surface area (Å²) in [5.41, 5.74) is 4.23. The predicted octanol–water partition coefficient (Wildman–Crippen LogP) is 4.41. The van der Waals surface area contributed by atoms with Crippen LogP contribution in [-0.2, 0) is 0 Å². The van der Waals surface area contributed by atoms with Gasteiger partial charge in [0.1, 0.15) is 0 Å². The Labute approximate surface area is 128 Å². The van der Waals surface area contributed by atoms with Crippen molar-refractivity contribution in [3.8, 4) is 17.4 Å². The molecule has 0 aliphatic heterocycles. The van der Waals surface area contributed by atoms with Crippen molar-refractivity contribution in [3.63, 3.8) is 0 Å². The molecule has 0 aliphatic rings. The molecule has 0 spiro atoms. The Balaban J connectivity index is 1.90. The molecule has 0 fully saturated rings. The Kier molecular flexibility index (Phi) is 3.74. The fourth-order valence-corrected chi connectivity index (χ4v) is 2.27. The Bertz CT molecular complexity index is 800. The monoisotopic (exact) mass is 292 g/mol. The van der Waals surface area contributed by atoms with E-state index in [0.717, 1.165) is 22.4 Å². The van der Waals surface area contributed by atoms with Crippen LogP contribution in [0.4, 0.5) is 5.69 Å². The van der Waals surface area contributed by atoms with Gasteiger partial charge in [-0.05, 0) is 49.2 Å². The van der Waals surface area contributed by atoms with Gasteiger partial charge in [0.25, 0.3) is 0 Å². The first-order valence-electron chi connectivity index (χ1n) is 6.99. The highest BCUT2D eigenvalue weighted by molar-refractivity contribution is 5.83. The van der Waals surface area contributed by atoms with Gasteiger partial charge in [-0.3, -0.25) is 4.99 Å². The second-order valence-electron chi connectivity index (χ2n) is 5.18. The maximum atomic E-state index is 9.86. The molecule has 3 rings (SSSR count). The number of aromatic nitrogens is 1. The maximum Gasteiger partial charge on any atom is 0.312 e. The minimum Gasteiger partial charge on any atom is -0.479 e. The molecule has 1 aromatic heterocycles. The van der Waals surface area contributed by atoms with Crippen molar-refractivity contribution in [2.24, 2.45) is 4.99 Å². The standard InChI is InChI=1S/C18H16N2O2/c1-12-8-13(2)10-15(9-12)19-11-16-18(21)22-17(20-16)14-6-4-3-5-7-14/h3-11,21H,1-2H3. The molecule has 3 aromatic rings. The van der Waals surface area contributed by atoms with Gasteiger partial charge in [-0.1, -0.05) is 24.3 Å². The lowest BCUT2D eigenvalue weighted by molar-refractivity contribution is 0.337. The van der Waals surface area contributed by atoms with E-state index in [1.54, 1.807) is 0 Å². The number of rotatable bonds is 3. The second kappa shape index (κ2) is 5.85. The number of aliphatic imine (C=N–C) groups is 1. The number of benzene rings is 2. The molecule has 22 heavy (non-hydrogen) atoms. The van der Waals surface area contributed by atoms with Gasteiger partial charge in [0.05, 0.1) is 11.9 Å². The first-order chi connectivity index (χ1) is 10.6. The highest BCUT2D eigenvalue weighted by atomic mass is 16.5. The average molecular weight is 292 g/mol. The van der Waals surface area contributed by atoms with Crippen molar-refractivity contribution in [2.75, 3.05) is 0 Å². The summed E-state index contributed by atoms with van der Waals surface area (Å²) in [6.07, 6.45) is 1.51. The highest BCUT2D eigenvalue weighted by Gasteiger charge is 2.11. The fourth-order valence-electron chi connectivity index (χ4n) is 2.27. The van der Waals surface area contributed by atoms with Gasteiger partial charge in [-0.2, -0.15) is 0 Å². The van der Waals surface area contributed by atoms with E-state index in [2.05, 4.69) is 16.0 Å². The number of hydrogen-bond donors (Lipinski definition) is 1. The van der Waals surface area contributed by atoms with E-state index in [4.69, 9.17) is 4.42 Å². The molecule has 0 radical (unpaired) electrons. The normalized spacial score (nSPS) is 11.2. The van der Waals surface area contributed by atoms with Crippen LogP contribution in [-0.4, -0.2) is 16.3 Å². The summed E-state index contributed by atoms with van der Waals surface area (Å²) < 4.78 is 5.29. The van der Waals surface area contributed by atoms with E-state index in [1.807, 2.05) is 56.3 Å². The van der Waals surface area contributed by atoms with Crippen molar-refractivity contribution >= 4 is 11.9 Å². The molecule has 4 nitrogen and oxygen atoms in total. The zero-order chi connectivity index (χ0) is 15.5. The zero-order valence-corrected chi connectivity index (χ0v) is 12.4. The molecule has 1 N–H and O–H groups in total. The molecule has 0 aliphatic carbocycles. The van der Waals surface area contributed by atoms with E-state index in [9.17, 15) is 5.11 Å². The molecule has 0 atom stereocenters. The van der Waals surface area contributed by atoms with Crippen LogP contribution in [0.25, 0.3) is 11.5 Å². The lowest BCUT2D eigenvalue weighted by Crippen LogP contribution is -1.83. The first kappa shape index (κ1) is 14.1. The molecule has 0 amide bonds. The molecular formula is C18H16N2O2. The molecule has 0 saturated heterocycles. The summed E-state index contributed by atoms with van der Waals surface area (Å²) in [6.45, 7) is 4.04. The van der Waals surface area contributed by atoms with E-state index in [-0.39, 0.29) is 5.95 Å². The second-order valence-corrected chi connectivity index (χ2v) is 5.18. The van der Waals surface area contributed by atoms with Crippen molar-refractivity contribution in [1.82, 2.24) is 4.98 Å². The predicted molar refractivity (Wildman–Crippen MR) is 86.8 cm³/mol. The van der Waals surface area contributed by atoms with E-state index in [1.165, 1.54) is 6.21 Å². The Morgan fingerprint density at radius 2 is 1.73 bits per heavy atom. The minimum absolute atomic E-state index is 0.230. The number of aromatic hydroxyl groups is 1. The van der Waals surface area contributed by atoms with Gasteiger partial charge in [0.2, 0.25) is 5.89 Å². The van der Waals surface area contributed by atoms with Crippen LogP contribution in [0.1, 0.15) is 16.8 Å². The lowest BCUT2D eigenvalue weighted by Gasteiger charge is -1.98. The summed E-state index contributed by atoms with van der Waals surface area (Å²) >= 11 is 0. The van der Waals surface area contributed by atoms with Crippen molar-refractivity contribution in [2.45, 2.75) is 13.8 Å². The molecule has 0 saturated carbocycles. The third-order valence-corrected chi connectivity index (χ3v) is 3.20. The van der Waals surface area contributed by atoms with Gasteiger partial charge in [-0.15, -0.1) is 0 Å². The van der Waals surface area contributed by atoms with Crippen LogP contribution in [0.3, 0.4) is 0 Å². The van der Waals surface area contributed by atoms with Crippen LogP contribution in [0.2, 0.25) is 0 Å². The van der Waals surface area contributed by atoms with E-state index in [0.29, 0.717) is 11.6 Å². The number of nitrogens with zero attached hydrogens (tertiary/aromatic N) is 2. The molecule has 2 aromatic carbocycles. The minimum atomic E-state index is -0.230. The average Bonchev–Trinajstić information content (AvgIpc) is 2.86. The molecular weight excluding hydrogens is 276 g/mol. The molecule has 110 valence electrons.